The number of fused-ring (bicyclic) bond motifs is 2. The molecule has 0 spiro atoms. The van der Waals surface area contributed by atoms with Crippen LogP contribution in [0, 0.1) is 0 Å². The van der Waals surface area contributed by atoms with E-state index < -0.39 is 11.6 Å². The molecule has 0 bridgehead atoms. The lowest BCUT2D eigenvalue weighted by molar-refractivity contribution is -0.345. The quantitative estimate of drug-likeness (QED) is 0.382. The molecule has 9 heteroatoms. The lowest BCUT2D eigenvalue weighted by Crippen LogP contribution is -2.58. The Balaban J connectivity index is 1.34. The minimum atomic E-state index is -1.28. The summed E-state index contributed by atoms with van der Waals surface area (Å²) in [7, 11) is 11.7. The molecule has 1 saturated heterocycles. The van der Waals surface area contributed by atoms with Crippen LogP contribution in [0.1, 0.15) is 36.3 Å². The molecule has 0 unspecified atom stereocenters. The van der Waals surface area contributed by atoms with Crippen molar-refractivity contribution in [1.29, 1.82) is 0 Å². The second kappa shape index (κ2) is 11.8. The molecule has 1 heterocycles. The van der Waals surface area contributed by atoms with Crippen LogP contribution in [0.3, 0.4) is 0 Å². The highest BCUT2D eigenvalue weighted by atomic mass is 16.8. The van der Waals surface area contributed by atoms with Crippen molar-refractivity contribution in [2.45, 2.75) is 43.2 Å². The zero-order chi connectivity index (χ0) is 27.5. The highest BCUT2D eigenvalue weighted by Gasteiger charge is 2.55. The fraction of sp³-hybridized carbons (Fsp3) is 0.621. The molecule has 0 saturated carbocycles. The average Bonchev–Trinajstić information content (AvgIpc) is 3.07. The van der Waals surface area contributed by atoms with Gasteiger partial charge in [-0.1, -0.05) is 0 Å². The van der Waals surface area contributed by atoms with Crippen LogP contribution in [0.15, 0.2) is 35.4 Å². The Morgan fingerprint density at radius 1 is 0.921 bits per heavy atom. The number of hydrogen-bond acceptors (Lipinski definition) is 8. The second-order valence-electron chi connectivity index (χ2n) is 10.2. The van der Waals surface area contributed by atoms with Gasteiger partial charge in [-0.3, -0.25) is 4.79 Å². The van der Waals surface area contributed by atoms with Gasteiger partial charge in [-0.05, 0) is 79.4 Å². The number of hydrogen-bond donors (Lipinski definition) is 0. The van der Waals surface area contributed by atoms with E-state index in [0.29, 0.717) is 18.9 Å². The van der Waals surface area contributed by atoms with Crippen molar-refractivity contribution >= 4 is 5.91 Å². The van der Waals surface area contributed by atoms with Gasteiger partial charge in [-0.15, -0.1) is 0 Å². The maximum atomic E-state index is 13.2. The van der Waals surface area contributed by atoms with E-state index in [1.54, 1.807) is 42.7 Å². The van der Waals surface area contributed by atoms with E-state index in [4.69, 9.17) is 28.4 Å². The lowest BCUT2D eigenvalue weighted by Gasteiger charge is -2.45. The molecular weight excluding hydrogens is 488 g/mol. The molecule has 1 aliphatic heterocycles. The minimum absolute atomic E-state index is 0.111. The maximum absolute atomic E-state index is 13.2. The van der Waals surface area contributed by atoms with Crippen molar-refractivity contribution in [3.8, 4) is 11.5 Å². The largest absolute Gasteiger partial charge is 0.493 e. The summed E-state index contributed by atoms with van der Waals surface area (Å²) in [5.74, 6) is -0.337. The van der Waals surface area contributed by atoms with Crippen LogP contribution >= 0.6 is 0 Å². The van der Waals surface area contributed by atoms with Crippen LogP contribution in [0.4, 0.5) is 0 Å². The predicted octanol–water partition coefficient (Wildman–Crippen LogP) is 3.13. The van der Waals surface area contributed by atoms with Crippen LogP contribution in [0.5, 0.6) is 11.5 Å². The molecule has 1 aromatic rings. The fourth-order valence-corrected chi connectivity index (χ4v) is 6.01. The summed E-state index contributed by atoms with van der Waals surface area (Å²) in [6.07, 6.45) is 6.71. The van der Waals surface area contributed by atoms with Gasteiger partial charge in [0.2, 0.25) is 17.5 Å². The zero-order valence-corrected chi connectivity index (χ0v) is 23.8. The summed E-state index contributed by atoms with van der Waals surface area (Å²) in [5.41, 5.74) is 4.60. The van der Waals surface area contributed by atoms with Gasteiger partial charge in [0, 0.05) is 54.0 Å². The predicted molar refractivity (Wildman–Crippen MR) is 144 cm³/mol. The van der Waals surface area contributed by atoms with Crippen LogP contribution < -0.4 is 9.47 Å². The highest BCUT2D eigenvalue weighted by Crippen LogP contribution is 2.44. The van der Waals surface area contributed by atoms with Crippen LogP contribution in [-0.2, 0) is 30.2 Å². The zero-order valence-electron chi connectivity index (χ0n) is 23.8. The first-order valence-electron chi connectivity index (χ1n) is 13.1. The molecule has 1 aromatic carbocycles. The summed E-state index contributed by atoms with van der Waals surface area (Å²) in [4.78, 5) is 17.5. The Kier molecular flexibility index (Phi) is 8.84. The number of ether oxygens (including phenoxy) is 6. The second-order valence-corrected chi connectivity index (χ2v) is 10.2. The molecule has 3 aliphatic rings. The summed E-state index contributed by atoms with van der Waals surface area (Å²) in [6, 6.07) is 4.20. The molecule has 2 aliphatic carbocycles. The molecule has 1 atom stereocenters. The third-order valence-corrected chi connectivity index (χ3v) is 8.24. The number of carbonyl (C=O) groups is 1. The van der Waals surface area contributed by atoms with Crippen LogP contribution in [0.25, 0.3) is 0 Å². The van der Waals surface area contributed by atoms with E-state index in [9.17, 15) is 4.79 Å². The van der Waals surface area contributed by atoms with Gasteiger partial charge in [0.1, 0.15) is 0 Å². The molecule has 9 nitrogen and oxygen atoms in total. The van der Waals surface area contributed by atoms with Gasteiger partial charge in [0.05, 0.1) is 20.6 Å². The molecule has 4 rings (SSSR count). The SMILES string of the molecule is COc1cc2c(cc1OC)[C@@H](CN(C)CCCN1CCC3=CC(OC)(OC)C(OC)(OC)C=C3CC1=O)C2. The molecule has 1 amide bonds. The van der Waals surface area contributed by atoms with Crippen molar-refractivity contribution in [1.82, 2.24) is 9.80 Å². The number of nitrogens with zero attached hydrogens (tertiary/aromatic N) is 2. The number of amides is 1. The number of methoxy groups -OCH3 is 6. The van der Waals surface area contributed by atoms with E-state index in [1.807, 2.05) is 17.1 Å². The van der Waals surface area contributed by atoms with Gasteiger partial charge < -0.3 is 38.2 Å². The van der Waals surface area contributed by atoms with Gasteiger partial charge in [-0.2, -0.15) is 0 Å². The summed E-state index contributed by atoms with van der Waals surface area (Å²) < 4.78 is 33.8. The van der Waals surface area contributed by atoms with Gasteiger partial charge in [0.15, 0.2) is 11.5 Å². The molecule has 1 fully saturated rings. The summed E-state index contributed by atoms with van der Waals surface area (Å²) in [6.45, 7) is 3.26. The highest BCUT2D eigenvalue weighted by molar-refractivity contribution is 5.81. The van der Waals surface area contributed by atoms with Crippen LogP contribution in [-0.4, -0.2) is 103 Å². The van der Waals surface area contributed by atoms with Crippen molar-refractivity contribution < 1.29 is 33.2 Å². The Hall–Kier alpha value is -2.43. The van der Waals surface area contributed by atoms with Crippen molar-refractivity contribution in [3.05, 3.63) is 46.6 Å². The van der Waals surface area contributed by atoms with Crippen molar-refractivity contribution in [2.24, 2.45) is 0 Å². The smallest absolute Gasteiger partial charge is 0.248 e. The Morgan fingerprint density at radius 3 is 2.13 bits per heavy atom. The van der Waals surface area contributed by atoms with Gasteiger partial charge in [0.25, 0.3) is 0 Å². The van der Waals surface area contributed by atoms with Gasteiger partial charge in [-0.25, -0.2) is 0 Å². The normalized spacial score (nSPS) is 21.6. The molecule has 210 valence electrons. The van der Waals surface area contributed by atoms with Crippen molar-refractivity contribution in [2.75, 3.05) is 75.9 Å². The summed E-state index contributed by atoms with van der Waals surface area (Å²) >= 11 is 0. The van der Waals surface area contributed by atoms with E-state index >= 15 is 0 Å². The molecule has 38 heavy (non-hydrogen) atoms. The van der Waals surface area contributed by atoms with Crippen molar-refractivity contribution in [3.63, 3.8) is 0 Å². The third kappa shape index (κ3) is 5.10. The summed E-state index contributed by atoms with van der Waals surface area (Å²) in [5, 5.41) is 0. The monoisotopic (exact) mass is 530 g/mol. The number of carbonyl (C=O) groups excluding carboxylic acids is 1. The molecule has 0 radical (unpaired) electrons. The standard InChI is InChI=1S/C29H42N2O7/c1-30(19-23-13-21-14-25(33-2)26(34-3)16-24(21)23)10-8-11-31-12-9-20-17-28(35-4,36-5)29(37-6,38-7)18-22(20)15-27(31)32/h14,16-18,23H,8-13,15,19H2,1-7H3/t23-/m1/s1. The fourth-order valence-electron chi connectivity index (χ4n) is 6.01. The minimum Gasteiger partial charge on any atom is -0.493 e. The maximum Gasteiger partial charge on any atom is 0.248 e. The van der Waals surface area contributed by atoms with E-state index in [2.05, 4.69) is 24.1 Å². The average molecular weight is 531 g/mol. The molecule has 0 aromatic heterocycles. The third-order valence-electron chi connectivity index (χ3n) is 8.24. The number of rotatable bonds is 12. The topological polar surface area (TPSA) is 78.9 Å². The van der Waals surface area contributed by atoms with Crippen LogP contribution in [0.2, 0.25) is 0 Å². The van der Waals surface area contributed by atoms with E-state index in [1.165, 1.54) is 11.1 Å². The Morgan fingerprint density at radius 2 is 1.53 bits per heavy atom. The Labute approximate surface area is 226 Å². The number of likely N-dealkylation sites (N-methyl/N-ethyl adjacent to an activating group) is 1. The van der Waals surface area contributed by atoms with E-state index in [-0.39, 0.29) is 5.91 Å². The first-order valence-corrected chi connectivity index (χ1v) is 13.1. The molecule has 0 N–H and O–H groups in total. The van der Waals surface area contributed by atoms with E-state index in [0.717, 1.165) is 61.5 Å². The Bertz CT molecular complexity index is 1070. The molecular formula is C29H42N2O7. The van der Waals surface area contributed by atoms with Gasteiger partial charge >= 0.3 is 0 Å². The first-order chi connectivity index (χ1) is 18.3. The lowest BCUT2D eigenvalue weighted by atomic mass is 9.77. The first kappa shape index (κ1) is 28.6. The number of likely N-dealkylation sites (tertiary alicyclic amines) is 1. The number of benzene rings is 1.